The Morgan fingerprint density at radius 2 is 1.40 bits per heavy atom. The van der Waals surface area contributed by atoms with Gasteiger partial charge in [0.05, 0.1) is 18.1 Å². The number of benzene rings is 1. The van der Waals surface area contributed by atoms with Crippen LogP contribution in [0.4, 0.5) is 0 Å². The molecule has 0 amide bonds. The second kappa shape index (κ2) is 5.95. The molecule has 1 rings (SSSR count). The SMILES string of the molecule is O=S(=O)(O)c1cc(CO)cc(CO)c1.[NaH]. The summed E-state index contributed by atoms with van der Waals surface area (Å²) in [4.78, 5) is -0.326. The molecule has 0 fully saturated rings. The fraction of sp³-hybridized carbons (Fsp3) is 0.250. The molecule has 7 heteroatoms. The molecule has 0 spiro atoms. The molecule has 1 aromatic rings. The first-order chi connectivity index (χ1) is 6.47. The molecular formula is C8H11NaO5S. The third-order valence-corrected chi connectivity index (χ3v) is 2.52. The minimum absolute atomic E-state index is 0. The Hall–Kier alpha value is 0.0500. The molecule has 0 aromatic heterocycles. The van der Waals surface area contributed by atoms with Gasteiger partial charge in [0.15, 0.2) is 0 Å². The maximum atomic E-state index is 10.8. The summed E-state index contributed by atoms with van der Waals surface area (Å²) in [5.41, 5.74) is 0.647. The summed E-state index contributed by atoms with van der Waals surface area (Å²) in [6, 6.07) is 3.75. The van der Waals surface area contributed by atoms with E-state index >= 15 is 0 Å². The Morgan fingerprint density at radius 3 is 1.67 bits per heavy atom. The predicted octanol–water partition coefficient (Wildman–Crippen LogP) is -0.731. The zero-order valence-corrected chi connectivity index (χ0v) is 8.03. The Morgan fingerprint density at radius 1 is 1.00 bits per heavy atom. The van der Waals surface area contributed by atoms with Crippen LogP contribution in [0.5, 0.6) is 0 Å². The van der Waals surface area contributed by atoms with Crippen LogP contribution in [0.2, 0.25) is 0 Å². The van der Waals surface area contributed by atoms with Crippen LogP contribution in [0.15, 0.2) is 23.1 Å². The van der Waals surface area contributed by atoms with Gasteiger partial charge in [0.2, 0.25) is 0 Å². The summed E-state index contributed by atoms with van der Waals surface area (Å²) in [6.07, 6.45) is 0. The molecule has 1 aromatic carbocycles. The van der Waals surface area contributed by atoms with Gasteiger partial charge in [0, 0.05) is 0 Å². The average molecular weight is 242 g/mol. The van der Waals surface area contributed by atoms with E-state index in [1.807, 2.05) is 0 Å². The monoisotopic (exact) mass is 242 g/mol. The first kappa shape index (κ1) is 15.0. The Balaban J connectivity index is 0.00000196. The summed E-state index contributed by atoms with van der Waals surface area (Å²) in [5.74, 6) is 0. The molecule has 3 N–H and O–H groups in total. The summed E-state index contributed by atoms with van der Waals surface area (Å²) in [5, 5.41) is 17.6. The summed E-state index contributed by atoms with van der Waals surface area (Å²) in [6.45, 7) is -0.702. The van der Waals surface area contributed by atoms with Crippen molar-refractivity contribution in [1.82, 2.24) is 0 Å². The molecule has 0 aliphatic rings. The number of hydrogen-bond donors (Lipinski definition) is 3. The van der Waals surface area contributed by atoms with Gasteiger partial charge >= 0.3 is 29.6 Å². The van der Waals surface area contributed by atoms with Gasteiger partial charge in [-0.05, 0) is 23.3 Å². The fourth-order valence-corrected chi connectivity index (χ4v) is 1.66. The van der Waals surface area contributed by atoms with Gasteiger partial charge < -0.3 is 10.2 Å². The van der Waals surface area contributed by atoms with Gasteiger partial charge in [-0.25, -0.2) is 0 Å². The quantitative estimate of drug-likeness (QED) is 0.480. The maximum absolute atomic E-state index is 10.8. The normalized spacial score (nSPS) is 10.9. The molecule has 80 valence electrons. The van der Waals surface area contributed by atoms with Crippen molar-refractivity contribution < 1.29 is 23.2 Å². The molecule has 0 unspecified atom stereocenters. The number of aliphatic hydroxyl groups is 2. The molecule has 0 aliphatic heterocycles. The zero-order chi connectivity index (χ0) is 10.8. The molecule has 0 radical (unpaired) electrons. The Bertz CT molecular complexity index is 406. The van der Waals surface area contributed by atoms with E-state index in [2.05, 4.69) is 0 Å². The molecule has 0 heterocycles. The van der Waals surface area contributed by atoms with E-state index in [0.29, 0.717) is 11.1 Å². The second-order valence-electron chi connectivity index (χ2n) is 2.78. The standard InChI is InChI=1S/C8H10O5S.Na.H/c9-4-6-1-7(5-10)3-8(2-6)14(11,12)13;;/h1-3,9-10H,4-5H2,(H,11,12,13);;. The van der Waals surface area contributed by atoms with E-state index in [9.17, 15) is 8.42 Å². The summed E-state index contributed by atoms with van der Waals surface area (Å²) >= 11 is 0. The van der Waals surface area contributed by atoms with E-state index in [1.165, 1.54) is 6.07 Å². The van der Waals surface area contributed by atoms with Crippen LogP contribution in [0, 0.1) is 0 Å². The van der Waals surface area contributed by atoms with Gasteiger partial charge in [0.25, 0.3) is 10.1 Å². The minimum atomic E-state index is -4.29. The third kappa shape index (κ3) is 4.20. The van der Waals surface area contributed by atoms with Crippen molar-refractivity contribution in [3.63, 3.8) is 0 Å². The van der Waals surface area contributed by atoms with E-state index < -0.39 is 10.1 Å². The van der Waals surface area contributed by atoms with Gasteiger partial charge in [0.1, 0.15) is 0 Å². The zero-order valence-electron chi connectivity index (χ0n) is 7.21. The molecule has 0 atom stereocenters. The first-order valence-electron chi connectivity index (χ1n) is 3.79. The molecule has 0 aliphatic carbocycles. The molecule has 15 heavy (non-hydrogen) atoms. The van der Waals surface area contributed by atoms with Crippen molar-refractivity contribution in [3.05, 3.63) is 29.3 Å². The van der Waals surface area contributed by atoms with Gasteiger partial charge in [-0.2, -0.15) is 8.42 Å². The van der Waals surface area contributed by atoms with E-state index in [-0.39, 0.29) is 47.7 Å². The van der Waals surface area contributed by atoms with Crippen LogP contribution in [0.3, 0.4) is 0 Å². The molecule has 0 saturated heterocycles. The average Bonchev–Trinajstić information content (AvgIpc) is 2.15. The van der Waals surface area contributed by atoms with Crippen LogP contribution < -0.4 is 0 Å². The predicted molar refractivity (Wildman–Crippen MR) is 55.3 cm³/mol. The van der Waals surface area contributed by atoms with E-state index in [4.69, 9.17) is 14.8 Å². The number of aliphatic hydroxyl groups excluding tert-OH is 2. The molecular weight excluding hydrogens is 231 g/mol. The molecule has 0 saturated carbocycles. The Kier molecular flexibility index (Phi) is 5.97. The molecule has 0 bridgehead atoms. The van der Waals surface area contributed by atoms with Crippen molar-refractivity contribution in [1.29, 1.82) is 0 Å². The fourth-order valence-electron chi connectivity index (χ4n) is 1.06. The topological polar surface area (TPSA) is 94.8 Å². The van der Waals surface area contributed by atoms with Crippen LogP contribution in [-0.4, -0.2) is 52.7 Å². The third-order valence-electron chi connectivity index (χ3n) is 1.69. The van der Waals surface area contributed by atoms with Crippen LogP contribution in [0.1, 0.15) is 11.1 Å². The van der Waals surface area contributed by atoms with Crippen molar-refractivity contribution in [2.24, 2.45) is 0 Å². The van der Waals surface area contributed by atoms with Crippen molar-refractivity contribution in [2.75, 3.05) is 0 Å². The van der Waals surface area contributed by atoms with Crippen LogP contribution in [-0.2, 0) is 23.3 Å². The van der Waals surface area contributed by atoms with Gasteiger partial charge in [-0.1, -0.05) is 6.07 Å². The number of rotatable bonds is 3. The van der Waals surface area contributed by atoms with Crippen molar-refractivity contribution >= 4 is 39.7 Å². The summed E-state index contributed by atoms with van der Waals surface area (Å²) in [7, 11) is -4.29. The molecule has 5 nitrogen and oxygen atoms in total. The van der Waals surface area contributed by atoms with Crippen LogP contribution in [0.25, 0.3) is 0 Å². The first-order valence-corrected chi connectivity index (χ1v) is 5.23. The summed E-state index contributed by atoms with van der Waals surface area (Å²) < 4.78 is 30.3. The second-order valence-corrected chi connectivity index (χ2v) is 4.20. The van der Waals surface area contributed by atoms with E-state index in [0.717, 1.165) is 12.1 Å². The van der Waals surface area contributed by atoms with E-state index in [1.54, 1.807) is 0 Å². The van der Waals surface area contributed by atoms with Crippen molar-refractivity contribution in [2.45, 2.75) is 18.1 Å². The van der Waals surface area contributed by atoms with Gasteiger partial charge in [-0.15, -0.1) is 0 Å². The Labute approximate surface area is 110 Å². The van der Waals surface area contributed by atoms with Gasteiger partial charge in [-0.3, -0.25) is 4.55 Å². The van der Waals surface area contributed by atoms with Crippen molar-refractivity contribution in [3.8, 4) is 0 Å². The number of hydrogen-bond acceptors (Lipinski definition) is 4. The van der Waals surface area contributed by atoms with Crippen LogP contribution >= 0.6 is 0 Å².